The van der Waals surface area contributed by atoms with Gasteiger partial charge >= 0.3 is 5.97 Å². The number of anilines is 2. The van der Waals surface area contributed by atoms with Crippen LogP contribution in [-0.4, -0.2) is 59.1 Å². The fraction of sp³-hybridized carbons (Fsp3) is 0.273. The van der Waals surface area contributed by atoms with Gasteiger partial charge in [-0.25, -0.2) is 19.2 Å². The van der Waals surface area contributed by atoms with Gasteiger partial charge in [0.15, 0.2) is 27.5 Å². The lowest BCUT2D eigenvalue weighted by Gasteiger charge is -2.29. The molecule has 2 N–H and O–H groups in total. The van der Waals surface area contributed by atoms with Crippen molar-refractivity contribution in [3.05, 3.63) is 99.3 Å². The number of fused-ring (bicyclic) bond motifs is 2. The van der Waals surface area contributed by atoms with Crippen LogP contribution in [0, 0.1) is 5.82 Å². The molecule has 12 heteroatoms. The van der Waals surface area contributed by atoms with E-state index in [-0.39, 0.29) is 24.0 Å². The number of hydrogen-bond acceptors (Lipinski definition) is 9. The Morgan fingerprint density at radius 3 is 2.71 bits per heavy atom. The summed E-state index contributed by atoms with van der Waals surface area (Å²) in [4.78, 5) is 39.1. The fourth-order valence-corrected chi connectivity index (χ4v) is 7.38. The number of ether oxygens (including phenoxy) is 1. The SMILES string of the molecule is CN(C)Cc1ccc(OCCCc2sc(N3CCc4cccc(C(=O)Nc5nc6ccccc6s5)c4C3)nc2C(=O)O)c(F)c1. The monoisotopic (exact) mass is 645 g/mol. The molecule has 1 aliphatic rings. The summed E-state index contributed by atoms with van der Waals surface area (Å²) in [6.45, 7) is 1.94. The predicted octanol–water partition coefficient (Wildman–Crippen LogP) is 6.48. The van der Waals surface area contributed by atoms with E-state index in [0.29, 0.717) is 59.6 Å². The summed E-state index contributed by atoms with van der Waals surface area (Å²) in [5.74, 6) is -1.57. The number of thiazole rings is 2. The second-order valence-electron chi connectivity index (χ2n) is 11.1. The fourth-order valence-electron chi connectivity index (χ4n) is 5.40. The molecule has 0 aliphatic carbocycles. The Balaban J connectivity index is 1.12. The minimum atomic E-state index is -1.09. The highest BCUT2D eigenvalue weighted by Gasteiger charge is 2.26. The van der Waals surface area contributed by atoms with Crippen LogP contribution >= 0.6 is 22.7 Å². The molecule has 45 heavy (non-hydrogen) atoms. The largest absolute Gasteiger partial charge is 0.491 e. The number of hydrogen-bond donors (Lipinski definition) is 2. The summed E-state index contributed by atoms with van der Waals surface area (Å²) >= 11 is 2.76. The second-order valence-corrected chi connectivity index (χ2v) is 13.2. The van der Waals surface area contributed by atoms with Crippen LogP contribution in [0.25, 0.3) is 10.2 Å². The zero-order valence-corrected chi connectivity index (χ0v) is 26.5. The minimum Gasteiger partial charge on any atom is -0.491 e. The number of rotatable bonds is 11. The number of carboxylic acids is 1. The van der Waals surface area contributed by atoms with Gasteiger partial charge in [-0.2, -0.15) is 0 Å². The molecule has 0 bridgehead atoms. The van der Waals surface area contributed by atoms with Crippen molar-refractivity contribution in [1.29, 1.82) is 0 Å². The zero-order valence-electron chi connectivity index (χ0n) is 24.9. The number of nitrogens with one attached hydrogen (secondary N) is 1. The molecule has 6 rings (SSSR count). The van der Waals surface area contributed by atoms with Crippen LogP contribution in [0.2, 0.25) is 0 Å². The van der Waals surface area contributed by atoms with Gasteiger partial charge in [0, 0.05) is 30.1 Å². The van der Waals surface area contributed by atoms with Gasteiger partial charge in [0.1, 0.15) is 0 Å². The molecule has 1 amide bonds. The lowest BCUT2D eigenvalue weighted by atomic mass is 9.94. The molecule has 0 radical (unpaired) electrons. The molecule has 0 saturated carbocycles. The maximum Gasteiger partial charge on any atom is 0.355 e. The Hall–Kier alpha value is -4.39. The van der Waals surface area contributed by atoms with E-state index in [1.54, 1.807) is 12.1 Å². The normalized spacial score (nSPS) is 12.8. The molecule has 9 nitrogen and oxygen atoms in total. The third-order valence-electron chi connectivity index (χ3n) is 7.49. The summed E-state index contributed by atoms with van der Waals surface area (Å²) in [6.07, 6.45) is 1.63. The van der Waals surface area contributed by atoms with Gasteiger partial charge in [-0.3, -0.25) is 10.1 Å². The summed E-state index contributed by atoms with van der Waals surface area (Å²) < 4.78 is 21.2. The number of aromatic carboxylic acids is 1. The van der Waals surface area contributed by atoms with E-state index < -0.39 is 11.8 Å². The maximum absolute atomic E-state index is 14.5. The lowest BCUT2D eigenvalue weighted by molar-refractivity contribution is 0.0690. The van der Waals surface area contributed by atoms with Gasteiger partial charge in [-0.05, 0) is 80.4 Å². The third kappa shape index (κ3) is 6.98. The molecule has 232 valence electrons. The Kier molecular flexibility index (Phi) is 9.06. The van der Waals surface area contributed by atoms with Crippen LogP contribution in [0.5, 0.6) is 5.75 Å². The molecular formula is C33H32FN5O4S2. The standard InChI is InChI=1S/C33H32FN5O4S2/c1-38(2)18-20-12-13-26(24(34)17-20)43-16-6-11-28-29(31(41)42)36-33(45-28)39-15-14-21-7-5-8-22(23(21)19-39)30(40)37-32-35-25-9-3-4-10-27(25)44-32/h3-5,7-10,12-13,17H,6,11,14-16,18-19H2,1-2H3,(H,41,42)(H,35,37,40). The highest BCUT2D eigenvalue weighted by molar-refractivity contribution is 7.22. The number of carbonyl (C=O) groups excluding carboxylic acids is 1. The first-order valence-corrected chi connectivity index (χ1v) is 16.2. The molecule has 3 aromatic carbocycles. The van der Waals surface area contributed by atoms with Crippen LogP contribution < -0.4 is 15.0 Å². The van der Waals surface area contributed by atoms with E-state index in [1.807, 2.05) is 66.4 Å². The van der Waals surface area contributed by atoms with E-state index >= 15 is 0 Å². The van der Waals surface area contributed by atoms with Gasteiger partial charge in [0.2, 0.25) is 0 Å². The van der Waals surface area contributed by atoms with Gasteiger partial charge in [0.05, 0.1) is 16.8 Å². The summed E-state index contributed by atoms with van der Waals surface area (Å²) in [6, 6.07) is 18.4. The maximum atomic E-state index is 14.5. The van der Waals surface area contributed by atoms with Crippen molar-refractivity contribution >= 4 is 55.0 Å². The van der Waals surface area contributed by atoms with Crippen LogP contribution in [-0.2, 0) is 25.9 Å². The van der Waals surface area contributed by atoms with Gasteiger partial charge in [-0.15, -0.1) is 11.3 Å². The minimum absolute atomic E-state index is 0.0156. The summed E-state index contributed by atoms with van der Waals surface area (Å²) in [5, 5.41) is 14.0. The molecule has 0 spiro atoms. The van der Waals surface area contributed by atoms with Gasteiger partial charge in [0.25, 0.3) is 5.91 Å². The van der Waals surface area contributed by atoms with E-state index in [2.05, 4.69) is 15.3 Å². The predicted molar refractivity (Wildman–Crippen MR) is 175 cm³/mol. The first-order chi connectivity index (χ1) is 21.7. The topological polar surface area (TPSA) is 108 Å². The number of amides is 1. The number of benzene rings is 3. The van der Waals surface area contributed by atoms with Crippen LogP contribution in [0.4, 0.5) is 14.7 Å². The van der Waals surface area contributed by atoms with Crippen molar-refractivity contribution in [2.75, 3.05) is 37.5 Å². The van der Waals surface area contributed by atoms with Crippen molar-refractivity contribution in [3.63, 3.8) is 0 Å². The zero-order chi connectivity index (χ0) is 31.5. The molecule has 2 aromatic heterocycles. The van der Waals surface area contributed by atoms with Crippen molar-refractivity contribution in [1.82, 2.24) is 14.9 Å². The first kappa shape index (κ1) is 30.6. The van der Waals surface area contributed by atoms with E-state index in [1.165, 1.54) is 28.7 Å². The molecule has 3 heterocycles. The average Bonchev–Trinajstić information content (AvgIpc) is 3.63. The average molecular weight is 646 g/mol. The molecule has 5 aromatic rings. The Labute approximate surface area is 267 Å². The van der Waals surface area contributed by atoms with Gasteiger partial charge in [-0.1, -0.05) is 41.7 Å². The van der Waals surface area contributed by atoms with Crippen molar-refractivity contribution in [3.8, 4) is 5.75 Å². The number of nitrogens with zero attached hydrogens (tertiary/aromatic N) is 4. The molecule has 1 aliphatic heterocycles. The van der Waals surface area contributed by atoms with Crippen molar-refractivity contribution in [2.24, 2.45) is 0 Å². The highest BCUT2D eigenvalue weighted by Crippen LogP contribution is 2.33. The number of aromatic nitrogens is 2. The molecule has 0 unspecified atom stereocenters. The number of para-hydroxylation sites is 1. The van der Waals surface area contributed by atoms with E-state index in [0.717, 1.165) is 26.9 Å². The van der Waals surface area contributed by atoms with Crippen molar-refractivity contribution < 1.29 is 23.8 Å². The van der Waals surface area contributed by atoms with E-state index in [4.69, 9.17) is 4.74 Å². The number of halogens is 1. The summed E-state index contributed by atoms with van der Waals surface area (Å²) in [7, 11) is 3.84. The third-order valence-corrected chi connectivity index (χ3v) is 9.62. The smallest absolute Gasteiger partial charge is 0.355 e. The Morgan fingerprint density at radius 2 is 1.93 bits per heavy atom. The highest BCUT2D eigenvalue weighted by atomic mass is 32.1. The van der Waals surface area contributed by atoms with Gasteiger partial charge < -0.3 is 19.6 Å². The van der Waals surface area contributed by atoms with Crippen LogP contribution in [0.1, 0.15) is 48.8 Å². The van der Waals surface area contributed by atoms with E-state index in [9.17, 15) is 19.1 Å². The van der Waals surface area contributed by atoms with Crippen LogP contribution in [0.15, 0.2) is 60.7 Å². The molecular weight excluding hydrogens is 614 g/mol. The second kappa shape index (κ2) is 13.3. The summed E-state index contributed by atoms with van der Waals surface area (Å²) in [5.41, 5.74) is 4.24. The quantitative estimate of drug-likeness (QED) is 0.157. The van der Waals surface area contributed by atoms with Crippen LogP contribution in [0.3, 0.4) is 0 Å². The Morgan fingerprint density at radius 1 is 1.09 bits per heavy atom. The Bertz CT molecular complexity index is 1840. The molecule has 0 fully saturated rings. The number of aryl methyl sites for hydroxylation is 1. The molecule has 0 saturated heterocycles. The first-order valence-electron chi connectivity index (χ1n) is 14.6. The lowest BCUT2D eigenvalue weighted by Crippen LogP contribution is -2.32. The molecule has 0 atom stereocenters. The number of carbonyl (C=O) groups is 2. The van der Waals surface area contributed by atoms with Crippen molar-refractivity contribution in [2.45, 2.75) is 32.4 Å². The number of carboxylic acid groups (broad SMARTS) is 1.